The number of sulfonamides is 1. The maximum absolute atomic E-state index is 12.6. The first-order chi connectivity index (χ1) is 10.9. The van der Waals surface area contributed by atoms with E-state index in [4.69, 9.17) is 4.74 Å². The van der Waals surface area contributed by atoms with Crippen molar-refractivity contribution in [1.82, 2.24) is 9.78 Å². The maximum atomic E-state index is 12.6. The summed E-state index contributed by atoms with van der Waals surface area (Å²) in [5, 5.41) is 3.92. The van der Waals surface area contributed by atoms with Gasteiger partial charge < -0.3 is 4.74 Å². The zero-order valence-electron chi connectivity index (χ0n) is 12.9. The SMILES string of the molecule is CCOC(=O)c1cnn(C)c1NS(=O)(=O)c1ccccc1SC. The van der Waals surface area contributed by atoms with Gasteiger partial charge in [0.25, 0.3) is 10.0 Å². The van der Waals surface area contributed by atoms with Gasteiger partial charge in [0.15, 0.2) is 5.82 Å². The van der Waals surface area contributed by atoms with Crippen molar-refractivity contribution in [2.24, 2.45) is 7.05 Å². The van der Waals surface area contributed by atoms with E-state index in [1.807, 2.05) is 0 Å². The molecule has 1 heterocycles. The van der Waals surface area contributed by atoms with Crippen LogP contribution >= 0.6 is 11.8 Å². The van der Waals surface area contributed by atoms with E-state index in [0.717, 1.165) is 0 Å². The van der Waals surface area contributed by atoms with Crippen LogP contribution in [0, 0.1) is 0 Å². The van der Waals surface area contributed by atoms with Crippen LogP contribution in [0.15, 0.2) is 40.3 Å². The van der Waals surface area contributed by atoms with Gasteiger partial charge in [0.1, 0.15) is 10.5 Å². The lowest BCUT2D eigenvalue weighted by molar-refractivity contribution is 0.0527. The molecule has 0 aliphatic heterocycles. The number of benzene rings is 1. The van der Waals surface area contributed by atoms with Gasteiger partial charge in [-0.3, -0.25) is 9.40 Å². The molecule has 23 heavy (non-hydrogen) atoms. The minimum absolute atomic E-state index is 0.0688. The molecule has 1 N–H and O–H groups in total. The Balaban J connectivity index is 2.42. The summed E-state index contributed by atoms with van der Waals surface area (Å²) in [5.41, 5.74) is 0.0690. The minimum atomic E-state index is -3.86. The van der Waals surface area contributed by atoms with Crippen LogP contribution in [0.4, 0.5) is 5.82 Å². The number of anilines is 1. The Morgan fingerprint density at radius 3 is 2.74 bits per heavy atom. The molecule has 0 fully saturated rings. The van der Waals surface area contributed by atoms with Crippen molar-refractivity contribution in [2.75, 3.05) is 17.6 Å². The molecule has 2 rings (SSSR count). The Morgan fingerprint density at radius 1 is 1.39 bits per heavy atom. The molecule has 7 nitrogen and oxygen atoms in total. The molecule has 0 spiro atoms. The van der Waals surface area contributed by atoms with Crippen LogP contribution in [-0.4, -0.2) is 37.0 Å². The number of aromatic nitrogens is 2. The molecule has 0 atom stereocenters. The topological polar surface area (TPSA) is 90.3 Å². The van der Waals surface area contributed by atoms with Crippen LogP contribution in [0.3, 0.4) is 0 Å². The highest BCUT2D eigenvalue weighted by molar-refractivity contribution is 7.99. The van der Waals surface area contributed by atoms with E-state index in [0.29, 0.717) is 4.90 Å². The number of nitrogens with zero attached hydrogens (tertiary/aromatic N) is 2. The summed E-state index contributed by atoms with van der Waals surface area (Å²) >= 11 is 1.32. The van der Waals surface area contributed by atoms with E-state index in [-0.39, 0.29) is 22.9 Å². The number of esters is 1. The fourth-order valence-corrected chi connectivity index (χ4v) is 4.20. The highest BCUT2D eigenvalue weighted by Crippen LogP contribution is 2.27. The molecule has 0 aliphatic rings. The Kier molecular flexibility index (Phi) is 5.32. The van der Waals surface area contributed by atoms with Gasteiger partial charge in [0, 0.05) is 11.9 Å². The monoisotopic (exact) mass is 355 g/mol. The van der Waals surface area contributed by atoms with E-state index in [2.05, 4.69) is 9.82 Å². The van der Waals surface area contributed by atoms with Gasteiger partial charge in [0.2, 0.25) is 0 Å². The fourth-order valence-electron chi connectivity index (χ4n) is 1.94. The van der Waals surface area contributed by atoms with Crippen molar-refractivity contribution in [3.63, 3.8) is 0 Å². The maximum Gasteiger partial charge on any atom is 0.343 e. The van der Waals surface area contributed by atoms with E-state index in [1.54, 1.807) is 38.4 Å². The second kappa shape index (κ2) is 7.05. The standard InChI is InChI=1S/C14H17N3O4S2/c1-4-21-14(18)10-9-15-17(2)13(10)16-23(19,20)12-8-6-5-7-11(12)22-3/h5-9,16H,4H2,1-3H3. The van der Waals surface area contributed by atoms with Crippen LogP contribution in [-0.2, 0) is 21.8 Å². The van der Waals surface area contributed by atoms with Crippen molar-refractivity contribution in [3.8, 4) is 0 Å². The first-order valence-electron chi connectivity index (χ1n) is 6.75. The summed E-state index contributed by atoms with van der Waals surface area (Å²) < 4.78 is 33.9. The van der Waals surface area contributed by atoms with Gasteiger partial charge in [-0.2, -0.15) is 5.10 Å². The summed E-state index contributed by atoms with van der Waals surface area (Å²) in [4.78, 5) is 12.7. The molecule has 0 amide bonds. The number of hydrogen-bond donors (Lipinski definition) is 1. The smallest absolute Gasteiger partial charge is 0.343 e. The van der Waals surface area contributed by atoms with Crippen LogP contribution in [0.2, 0.25) is 0 Å². The molecule has 0 bridgehead atoms. The average molecular weight is 355 g/mol. The van der Waals surface area contributed by atoms with Gasteiger partial charge in [-0.15, -0.1) is 11.8 Å². The summed E-state index contributed by atoms with van der Waals surface area (Å²) in [6.07, 6.45) is 3.07. The summed E-state index contributed by atoms with van der Waals surface area (Å²) in [6, 6.07) is 6.63. The first kappa shape index (κ1) is 17.4. The fraction of sp³-hybridized carbons (Fsp3) is 0.286. The molecule has 124 valence electrons. The highest BCUT2D eigenvalue weighted by atomic mass is 32.2. The van der Waals surface area contributed by atoms with Crippen molar-refractivity contribution in [2.45, 2.75) is 16.7 Å². The lowest BCUT2D eigenvalue weighted by Gasteiger charge is -2.12. The van der Waals surface area contributed by atoms with Gasteiger partial charge in [-0.05, 0) is 25.3 Å². The van der Waals surface area contributed by atoms with Crippen LogP contribution in [0.1, 0.15) is 17.3 Å². The largest absolute Gasteiger partial charge is 0.462 e. The molecule has 1 aromatic heterocycles. The van der Waals surface area contributed by atoms with Gasteiger partial charge >= 0.3 is 5.97 Å². The zero-order valence-corrected chi connectivity index (χ0v) is 14.6. The van der Waals surface area contributed by atoms with E-state index in [9.17, 15) is 13.2 Å². The van der Waals surface area contributed by atoms with Crippen molar-refractivity contribution >= 4 is 33.6 Å². The number of carbonyl (C=O) groups excluding carboxylic acids is 1. The second-order valence-electron chi connectivity index (χ2n) is 4.51. The zero-order chi connectivity index (χ0) is 17.0. The number of hydrogen-bond acceptors (Lipinski definition) is 6. The Bertz CT molecular complexity index is 815. The molecule has 0 saturated carbocycles. The lowest BCUT2D eigenvalue weighted by Crippen LogP contribution is -2.18. The van der Waals surface area contributed by atoms with Crippen LogP contribution in [0.5, 0.6) is 0 Å². The molecule has 0 radical (unpaired) electrons. The normalized spacial score (nSPS) is 11.3. The molecular formula is C14H17N3O4S2. The third-order valence-electron chi connectivity index (χ3n) is 3.02. The van der Waals surface area contributed by atoms with Crippen LogP contribution < -0.4 is 4.72 Å². The summed E-state index contributed by atoms with van der Waals surface area (Å²) in [6.45, 7) is 1.86. The molecule has 0 aliphatic carbocycles. The van der Waals surface area contributed by atoms with Gasteiger partial charge in [-0.25, -0.2) is 13.2 Å². The van der Waals surface area contributed by atoms with E-state index < -0.39 is 16.0 Å². The Labute approximate surface area is 139 Å². The predicted octanol–water partition coefficient (Wildman–Crippen LogP) is 2.12. The summed E-state index contributed by atoms with van der Waals surface area (Å²) in [5.74, 6) is -0.559. The van der Waals surface area contributed by atoms with Crippen molar-refractivity contribution in [3.05, 3.63) is 36.0 Å². The number of nitrogens with one attached hydrogen (secondary N) is 1. The van der Waals surface area contributed by atoms with Crippen LogP contribution in [0.25, 0.3) is 0 Å². The van der Waals surface area contributed by atoms with Gasteiger partial charge in [0.05, 0.1) is 12.8 Å². The molecular weight excluding hydrogens is 338 g/mol. The Morgan fingerprint density at radius 2 is 2.09 bits per heavy atom. The second-order valence-corrected chi connectivity index (χ2v) is 7.01. The molecule has 0 unspecified atom stereocenters. The van der Waals surface area contributed by atoms with Gasteiger partial charge in [-0.1, -0.05) is 12.1 Å². The first-order valence-corrected chi connectivity index (χ1v) is 9.46. The Hall–Kier alpha value is -2.00. The number of thioether (sulfide) groups is 1. The average Bonchev–Trinajstić information content (AvgIpc) is 2.88. The van der Waals surface area contributed by atoms with Crippen molar-refractivity contribution in [1.29, 1.82) is 0 Å². The summed E-state index contributed by atoms with van der Waals surface area (Å²) in [7, 11) is -2.32. The molecule has 1 aromatic carbocycles. The lowest BCUT2D eigenvalue weighted by atomic mass is 10.3. The molecule has 9 heteroatoms. The highest BCUT2D eigenvalue weighted by Gasteiger charge is 2.24. The quantitative estimate of drug-likeness (QED) is 0.630. The molecule has 0 saturated heterocycles. The number of carbonyl (C=O) groups is 1. The number of ether oxygens (including phenoxy) is 1. The van der Waals surface area contributed by atoms with E-state index in [1.165, 1.54) is 28.7 Å². The molecule has 2 aromatic rings. The van der Waals surface area contributed by atoms with E-state index >= 15 is 0 Å². The number of rotatable bonds is 6. The third-order valence-corrected chi connectivity index (χ3v) is 5.35. The van der Waals surface area contributed by atoms with Crippen molar-refractivity contribution < 1.29 is 17.9 Å². The third kappa shape index (κ3) is 3.67. The number of aryl methyl sites for hydroxylation is 1. The minimum Gasteiger partial charge on any atom is -0.462 e. The predicted molar refractivity (Wildman–Crippen MR) is 88.2 cm³/mol.